The van der Waals surface area contributed by atoms with Crippen LogP contribution in [0.4, 0.5) is 0 Å². The van der Waals surface area contributed by atoms with Crippen molar-refractivity contribution in [2.24, 2.45) is 0 Å². The zero-order valence-electron chi connectivity index (χ0n) is 16.8. The molecule has 168 valence electrons. The second-order valence-corrected chi connectivity index (χ2v) is 6.93. The molecule has 33 heavy (non-hydrogen) atoms. The highest BCUT2D eigenvalue weighted by molar-refractivity contribution is 5.91. The maximum atomic E-state index is 11.0. The highest BCUT2D eigenvalue weighted by atomic mass is 16.4. The van der Waals surface area contributed by atoms with Gasteiger partial charge in [-0.05, 0) is 24.3 Å². The van der Waals surface area contributed by atoms with Crippen LogP contribution < -0.4 is 5.32 Å². The molecule has 13 heteroatoms. The molecule has 0 spiro atoms. The summed E-state index contributed by atoms with van der Waals surface area (Å²) in [6, 6.07) is 8.15. The van der Waals surface area contributed by atoms with Crippen molar-refractivity contribution in [2.75, 3.05) is 0 Å². The number of hydrogen-bond acceptors (Lipinski definition) is 9. The first-order valence-corrected chi connectivity index (χ1v) is 9.48. The van der Waals surface area contributed by atoms with Crippen LogP contribution in [-0.4, -0.2) is 62.4 Å². The van der Waals surface area contributed by atoms with Gasteiger partial charge in [0.2, 0.25) is 0 Å². The molecule has 2 heterocycles. The highest BCUT2D eigenvalue weighted by Gasteiger charge is 2.13. The molecule has 0 atom stereocenters. The average Bonchev–Trinajstić information content (AvgIpc) is 3.43. The molecule has 0 amide bonds. The van der Waals surface area contributed by atoms with E-state index in [1.807, 2.05) is 0 Å². The van der Waals surface area contributed by atoms with Crippen LogP contribution in [0.2, 0.25) is 0 Å². The van der Waals surface area contributed by atoms with Gasteiger partial charge in [-0.1, -0.05) is 10.4 Å². The minimum atomic E-state index is -1.23. The lowest BCUT2D eigenvalue weighted by molar-refractivity contribution is 0.0682. The highest BCUT2D eigenvalue weighted by Crippen LogP contribution is 2.22. The standard InChI is InChI=1S/C20H17N7O6/c28-17-5-13(1-3-15(17)19(30)31)26-9-11(22-24-26)7-21-8-12-10-27(25-23-12)14-2-4-16(20(32)33)18(29)6-14/h1-6,9-10,21,28-29H,7-8H2,(H,30,31)(H,32,33). The summed E-state index contributed by atoms with van der Waals surface area (Å²) in [6.07, 6.45) is 3.26. The molecule has 13 nitrogen and oxygen atoms in total. The van der Waals surface area contributed by atoms with Crippen molar-refractivity contribution in [1.82, 2.24) is 35.3 Å². The fourth-order valence-corrected chi connectivity index (χ4v) is 3.02. The average molecular weight is 451 g/mol. The first-order valence-electron chi connectivity index (χ1n) is 9.48. The van der Waals surface area contributed by atoms with Crippen LogP contribution in [0.15, 0.2) is 48.8 Å². The van der Waals surface area contributed by atoms with Crippen LogP contribution in [0.25, 0.3) is 11.4 Å². The topological polar surface area (TPSA) is 189 Å². The van der Waals surface area contributed by atoms with Crippen LogP contribution in [0, 0.1) is 0 Å². The molecule has 0 bridgehead atoms. The SMILES string of the molecule is O=C(O)c1ccc(-n2cc(CNCc3cn(-c4ccc(C(=O)O)c(O)c4)nn3)nn2)cc1O. The van der Waals surface area contributed by atoms with Gasteiger partial charge in [0.1, 0.15) is 22.6 Å². The smallest absolute Gasteiger partial charge is 0.339 e. The van der Waals surface area contributed by atoms with E-state index in [1.54, 1.807) is 12.4 Å². The molecule has 0 aliphatic rings. The number of aromatic carboxylic acids is 2. The summed E-state index contributed by atoms with van der Waals surface area (Å²) in [4.78, 5) is 22.0. The Kier molecular flexibility index (Phi) is 5.69. The summed E-state index contributed by atoms with van der Waals surface area (Å²) >= 11 is 0. The van der Waals surface area contributed by atoms with Gasteiger partial charge in [0, 0.05) is 25.2 Å². The molecule has 5 N–H and O–H groups in total. The number of nitrogens with one attached hydrogen (secondary N) is 1. The second-order valence-electron chi connectivity index (χ2n) is 6.93. The summed E-state index contributed by atoms with van der Waals surface area (Å²) in [5.74, 6) is -3.20. The molecular weight excluding hydrogens is 434 g/mol. The van der Waals surface area contributed by atoms with E-state index in [4.69, 9.17) is 10.2 Å². The summed E-state index contributed by atoms with van der Waals surface area (Å²) in [5.41, 5.74) is 1.69. The molecule has 0 radical (unpaired) electrons. The van der Waals surface area contributed by atoms with Gasteiger partial charge in [-0.2, -0.15) is 0 Å². The Morgan fingerprint density at radius 2 is 1.18 bits per heavy atom. The van der Waals surface area contributed by atoms with E-state index in [9.17, 15) is 19.8 Å². The van der Waals surface area contributed by atoms with Crippen LogP contribution in [0.5, 0.6) is 11.5 Å². The molecule has 0 aliphatic carbocycles. The molecule has 0 fully saturated rings. The lowest BCUT2D eigenvalue weighted by Gasteiger charge is -2.03. The number of aromatic nitrogens is 6. The number of hydrogen-bond donors (Lipinski definition) is 5. The molecule has 4 rings (SSSR count). The van der Waals surface area contributed by atoms with Crippen molar-refractivity contribution in [3.63, 3.8) is 0 Å². The van der Waals surface area contributed by atoms with Gasteiger partial charge in [0.15, 0.2) is 0 Å². The van der Waals surface area contributed by atoms with Gasteiger partial charge >= 0.3 is 11.9 Å². The van der Waals surface area contributed by atoms with Gasteiger partial charge in [-0.3, -0.25) is 0 Å². The summed E-state index contributed by atoms with van der Waals surface area (Å²) in [7, 11) is 0. The Morgan fingerprint density at radius 3 is 1.55 bits per heavy atom. The molecule has 2 aromatic heterocycles. The number of nitrogens with zero attached hydrogens (tertiary/aromatic N) is 6. The van der Waals surface area contributed by atoms with E-state index in [0.29, 0.717) is 35.9 Å². The largest absolute Gasteiger partial charge is 0.507 e. The van der Waals surface area contributed by atoms with Gasteiger partial charge in [0.25, 0.3) is 0 Å². The number of carbonyl (C=O) groups is 2. The molecule has 0 aliphatic heterocycles. The Hall–Kier alpha value is -4.78. The molecular formula is C20H17N7O6. The zero-order chi connectivity index (χ0) is 23.5. The van der Waals surface area contributed by atoms with Crippen LogP contribution in [0.1, 0.15) is 32.1 Å². The number of phenols is 2. The lowest BCUT2D eigenvalue weighted by Crippen LogP contribution is -2.13. The zero-order valence-corrected chi connectivity index (χ0v) is 16.8. The second kappa shape index (κ2) is 8.76. The van der Waals surface area contributed by atoms with E-state index in [-0.39, 0.29) is 22.6 Å². The number of rotatable bonds is 8. The maximum absolute atomic E-state index is 11.0. The van der Waals surface area contributed by atoms with Crippen molar-refractivity contribution in [1.29, 1.82) is 0 Å². The fourth-order valence-electron chi connectivity index (χ4n) is 3.02. The van der Waals surface area contributed by atoms with Crippen molar-refractivity contribution in [3.8, 4) is 22.9 Å². The number of benzene rings is 2. The van der Waals surface area contributed by atoms with E-state index >= 15 is 0 Å². The number of carboxylic acids is 2. The number of aromatic hydroxyl groups is 2. The van der Waals surface area contributed by atoms with Crippen LogP contribution in [0.3, 0.4) is 0 Å². The maximum Gasteiger partial charge on any atom is 0.339 e. The monoisotopic (exact) mass is 451 g/mol. The minimum absolute atomic E-state index is 0.207. The van der Waals surface area contributed by atoms with Gasteiger partial charge < -0.3 is 25.7 Å². The van der Waals surface area contributed by atoms with Crippen molar-refractivity contribution < 1.29 is 30.0 Å². The van der Waals surface area contributed by atoms with E-state index in [2.05, 4.69) is 25.9 Å². The third kappa shape index (κ3) is 4.62. The molecule has 0 unspecified atom stereocenters. The Bertz CT molecular complexity index is 1240. The molecule has 0 saturated heterocycles. The fraction of sp³-hybridized carbons (Fsp3) is 0.100. The first kappa shape index (κ1) is 21.5. The third-order valence-electron chi connectivity index (χ3n) is 4.65. The van der Waals surface area contributed by atoms with E-state index < -0.39 is 11.9 Å². The Labute approximate surface area is 185 Å². The summed E-state index contributed by atoms with van der Waals surface area (Å²) in [5, 5.41) is 56.8. The van der Waals surface area contributed by atoms with Crippen molar-refractivity contribution >= 4 is 11.9 Å². The molecule has 2 aromatic carbocycles. The third-order valence-corrected chi connectivity index (χ3v) is 4.65. The van der Waals surface area contributed by atoms with Gasteiger partial charge in [-0.25, -0.2) is 19.0 Å². The van der Waals surface area contributed by atoms with Gasteiger partial charge in [0.05, 0.1) is 35.2 Å². The predicted octanol–water partition coefficient (Wildman–Crippen LogP) is 0.945. The summed E-state index contributed by atoms with van der Waals surface area (Å²) in [6.45, 7) is 0.695. The molecule has 0 saturated carbocycles. The van der Waals surface area contributed by atoms with Gasteiger partial charge in [-0.15, -0.1) is 10.2 Å². The van der Waals surface area contributed by atoms with Crippen molar-refractivity contribution in [2.45, 2.75) is 13.1 Å². The quantitative estimate of drug-likeness (QED) is 0.256. The molecule has 4 aromatic rings. The predicted molar refractivity (Wildman–Crippen MR) is 111 cm³/mol. The normalized spacial score (nSPS) is 10.9. The Balaban J connectivity index is 1.36. The Morgan fingerprint density at radius 1 is 0.758 bits per heavy atom. The van der Waals surface area contributed by atoms with E-state index in [0.717, 1.165) is 0 Å². The minimum Gasteiger partial charge on any atom is -0.507 e. The first-order chi connectivity index (χ1) is 15.8. The number of carboxylic acid groups (broad SMARTS) is 2. The van der Waals surface area contributed by atoms with Crippen molar-refractivity contribution in [3.05, 3.63) is 71.3 Å². The van der Waals surface area contributed by atoms with E-state index in [1.165, 1.54) is 45.8 Å². The van der Waals surface area contributed by atoms with Crippen LogP contribution in [-0.2, 0) is 13.1 Å². The summed E-state index contributed by atoms with van der Waals surface area (Å²) < 4.78 is 2.82. The van der Waals surface area contributed by atoms with Crippen LogP contribution >= 0.6 is 0 Å². The lowest BCUT2D eigenvalue weighted by atomic mass is 10.2.